The van der Waals surface area contributed by atoms with E-state index in [0.717, 1.165) is 9.32 Å². The quantitative estimate of drug-likeness (QED) is 0.756. The Morgan fingerprint density at radius 2 is 2.08 bits per heavy atom. The van der Waals surface area contributed by atoms with Crippen LogP contribution in [0.4, 0.5) is 0 Å². The molecule has 1 aromatic rings. The van der Waals surface area contributed by atoms with Crippen LogP contribution in [-0.2, 0) is 0 Å². The summed E-state index contributed by atoms with van der Waals surface area (Å²) in [7, 11) is 0. The number of hydrogen-bond donors (Lipinski definition) is 0. The molecule has 0 bridgehead atoms. The van der Waals surface area contributed by atoms with Gasteiger partial charge in [-0.1, -0.05) is 11.6 Å². The average Bonchev–Trinajstić information content (AvgIpc) is 1.94. The fraction of sp³-hybridized carbons (Fsp3) is 0.333. The SMILES string of the molecule is CC(C)Oc1ccc(I)cc1Cl. The monoisotopic (exact) mass is 296 g/mol. The molecule has 1 nitrogen and oxygen atoms in total. The molecule has 0 heterocycles. The summed E-state index contributed by atoms with van der Waals surface area (Å²) in [5.74, 6) is 0.757. The highest BCUT2D eigenvalue weighted by Crippen LogP contribution is 2.26. The predicted molar refractivity (Wildman–Crippen MR) is 59.9 cm³/mol. The van der Waals surface area contributed by atoms with Gasteiger partial charge < -0.3 is 4.74 Å². The second-order valence-electron chi connectivity index (χ2n) is 2.74. The third-order valence-corrected chi connectivity index (χ3v) is 2.22. The van der Waals surface area contributed by atoms with Crippen LogP contribution >= 0.6 is 34.2 Å². The normalized spacial score (nSPS) is 10.4. The maximum atomic E-state index is 5.94. The van der Waals surface area contributed by atoms with Gasteiger partial charge >= 0.3 is 0 Å². The highest BCUT2D eigenvalue weighted by molar-refractivity contribution is 14.1. The lowest BCUT2D eigenvalue weighted by Gasteiger charge is -2.10. The lowest BCUT2D eigenvalue weighted by Crippen LogP contribution is -2.05. The van der Waals surface area contributed by atoms with Crippen LogP contribution < -0.4 is 4.74 Å². The Kier molecular flexibility index (Phi) is 3.65. The first-order valence-corrected chi connectivity index (χ1v) is 5.17. The van der Waals surface area contributed by atoms with E-state index in [1.54, 1.807) is 0 Å². The molecule has 0 saturated carbocycles. The fourth-order valence-corrected chi connectivity index (χ4v) is 1.73. The molecule has 0 saturated heterocycles. The molecule has 0 spiro atoms. The molecule has 1 rings (SSSR count). The first-order chi connectivity index (χ1) is 5.59. The molecule has 12 heavy (non-hydrogen) atoms. The molecule has 0 aliphatic rings. The van der Waals surface area contributed by atoms with Gasteiger partial charge in [-0.25, -0.2) is 0 Å². The van der Waals surface area contributed by atoms with Gasteiger partial charge in [-0.3, -0.25) is 0 Å². The molecule has 0 radical (unpaired) electrons. The number of rotatable bonds is 2. The van der Waals surface area contributed by atoms with Crippen molar-refractivity contribution in [3.05, 3.63) is 26.8 Å². The van der Waals surface area contributed by atoms with E-state index in [4.69, 9.17) is 16.3 Å². The van der Waals surface area contributed by atoms with Gasteiger partial charge in [0.15, 0.2) is 0 Å². The number of hydrogen-bond acceptors (Lipinski definition) is 1. The maximum Gasteiger partial charge on any atom is 0.138 e. The molecule has 0 unspecified atom stereocenters. The first kappa shape index (κ1) is 10.1. The van der Waals surface area contributed by atoms with Crippen molar-refractivity contribution in [1.29, 1.82) is 0 Å². The van der Waals surface area contributed by atoms with Crippen molar-refractivity contribution >= 4 is 34.2 Å². The predicted octanol–water partition coefficient (Wildman–Crippen LogP) is 3.73. The summed E-state index contributed by atoms with van der Waals surface area (Å²) in [5, 5.41) is 0.676. The van der Waals surface area contributed by atoms with Crippen LogP contribution in [0.15, 0.2) is 18.2 Å². The summed E-state index contributed by atoms with van der Waals surface area (Å²) in [4.78, 5) is 0. The molecule has 0 amide bonds. The van der Waals surface area contributed by atoms with Gasteiger partial charge in [-0.2, -0.15) is 0 Å². The third-order valence-electron chi connectivity index (χ3n) is 1.26. The van der Waals surface area contributed by atoms with Crippen LogP contribution in [0.1, 0.15) is 13.8 Å². The van der Waals surface area contributed by atoms with Crippen molar-refractivity contribution in [2.24, 2.45) is 0 Å². The molecule has 0 aliphatic heterocycles. The lowest BCUT2D eigenvalue weighted by atomic mass is 10.3. The van der Waals surface area contributed by atoms with Crippen molar-refractivity contribution in [2.75, 3.05) is 0 Å². The highest BCUT2D eigenvalue weighted by Gasteiger charge is 2.03. The summed E-state index contributed by atoms with van der Waals surface area (Å²) in [6.45, 7) is 3.96. The van der Waals surface area contributed by atoms with Crippen molar-refractivity contribution < 1.29 is 4.74 Å². The van der Waals surface area contributed by atoms with Crippen molar-refractivity contribution in [3.63, 3.8) is 0 Å². The van der Waals surface area contributed by atoms with Crippen LogP contribution in [0.5, 0.6) is 5.75 Å². The molecule has 1 aromatic carbocycles. The van der Waals surface area contributed by atoms with E-state index in [2.05, 4.69) is 22.6 Å². The molecule has 0 aromatic heterocycles. The minimum atomic E-state index is 0.169. The average molecular weight is 297 g/mol. The van der Waals surface area contributed by atoms with Crippen molar-refractivity contribution in [2.45, 2.75) is 20.0 Å². The van der Waals surface area contributed by atoms with Gasteiger partial charge in [0.05, 0.1) is 11.1 Å². The second-order valence-corrected chi connectivity index (χ2v) is 4.39. The Balaban J connectivity index is 2.86. The van der Waals surface area contributed by atoms with Gasteiger partial charge in [0, 0.05) is 3.57 Å². The molecule has 0 N–H and O–H groups in total. The summed E-state index contributed by atoms with van der Waals surface area (Å²) in [6, 6.07) is 5.76. The summed E-state index contributed by atoms with van der Waals surface area (Å²) in [6.07, 6.45) is 0.169. The van der Waals surface area contributed by atoms with E-state index in [1.807, 2.05) is 32.0 Å². The van der Waals surface area contributed by atoms with Gasteiger partial charge in [-0.15, -0.1) is 0 Å². The minimum Gasteiger partial charge on any atom is -0.489 e. The minimum absolute atomic E-state index is 0.169. The molecule has 0 fully saturated rings. The third kappa shape index (κ3) is 2.83. The highest BCUT2D eigenvalue weighted by atomic mass is 127. The Labute approximate surface area is 91.2 Å². The van der Waals surface area contributed by atoms with E-state index in [-0.39, 0.29) is 6.10 Å². The largest absolute Gasteiger partial charge is 0.489 e. The Morgan fingerprint density at radius 1 is 1.42 bits per heavy atom. The summed E-state index contributed by atoms with van der Waals surface area (Å²) >= 11 is 8.16. The van der Waals surface area contributed by atoms with E-state index in [9.17, 15) is 0 Å². The van der Waals surface area contributed by atoms with Crippen LogP contribution in [0.3, 0.4) is 0 Å². The smallest absolute Gasteiger partial charge is 0.138 e. The first-order valence-electron chi connectivity index (χ1n) is 3.71. The topological polar surface area (TPSA) is 9.23 Å². The van der Waals surface area contributed by atoms with Crippen LogP contribution in [0.2, 0.25) is 5.02 Å². The van der Waals surface area contributed by atoms with E-state index in [0.29, 0.717) is 5.02 Å². The standard InChI is InChI=1S/C9H10ClIO/c1-6(2)12-9-4-3-7(11)5-8(9)10/h3-6H,1-2H3. The van der Waals surface area contributed by atoms with Crippen LogP contribution in [-0.4, -0.2) is 6.10 Å². The van der Waals surface area contributed by atoms with Crippen molar-refractivity contribution in [1.82, 2.24) is 0 Å². The zero-order chi connectivity index (χ0) is 9.14. The molecular weight excluding hydrogens is 286 g/mol. The fourth-order valence-electron chi connectivity index (χ4n) is 0.825. The molecule has 0 atom stereocenters. The Morgan fingerprint density at radius 3 is 2.58 bits per heavy atom. The van der Waals surface area contributed by atoms with Crippen LogP contribution in [0.25, 0.3) is 0 Å². The maximum absolute atomic E-state index is 5.94. The van der Waals surface area contributed by atoms with Crippen molar-refractivity contribution in [3.8, 4) is 5.75 Å². The van der Waals surface area contributed by atoms with E-state index in [1.165, 1.54) is 0 Å². The lowest BCUT2D eigenvalue weighted by molar-refractivity contribution is 0.242. The van der Waals surface area contributed by atoms with E-state index < -0.39 is 0 Å². The van der Waals surface area contributed by atoms with Gasteiger partial charge in [0.1, 0.15) is 5.75 Å². The number of benzene rings is 1. The summed E-state index contributed by atoms with van der Waals surface area (Å²) in [5.41, 5.74) is 0. The Hall–Kier alpha value is 0.0400. The van der Waals surface area contributed by atoms with E-state index >= 15 is 0 Å². The van der Waals surface area contributed by atoms with Gasteiger partial charge in [0.2, 0.25) is 0 Å². The summed E-state index contributed by atoms with van der Waals surface area (Å²) < 4.78 is 6.58. The number of halogens is 2. The number of ether oxygens (including phenoxy) is 1. The molecule has 3 heteroatoms. The van der Waals surface area contributed by atoms with Gasteiger partial charge in [-0.05, 0) is 54.6 Å². The second kappa shape index (κ2) is 4.33. The zero-order valence-electron chi connectivity index (χ0n) is 6.97. The molecular formula is C9H10ClIO. The van der Waals surface area contributed by atoms with Crippen LogP contribution in [0, 0.1) is 3.57 Å². The van der Waals surface area contributed by atoms with Gasteiger partial charge in [0.25, 0.3) is 0 Å². The molecule has 0 aliphatic carbocycles. The zero-order valence-corrected chi connectivity index (χ0v) is 9.89. The Bertz CT molecular complexity index is 273. The molecule has 66 valence electrons.